The number of β-amino-alcohol motifs (C(OH)–C–C–N with tert-alkyl or cyclic N) is 1. The van der Waals surface area contributed by atoms with Gasteiger partial charge in [0.15, 0.2) is 0 Å². The maximum atomic E-state index is 14.4. The SMILES string of the molecule is Cc1ncsc1-c1ccc(CN(C(=O)[C@@H]2C[C@@H](O)CN2)C(=O)[C@@H](NC(=O)COCCOc2ccc(-c3ccc(C(=O)N[C@H]4C(C)(C)[C@H](Oc5ccc(C#N)c(Cl)c5)C4(C)C)cc3)cc2)C(C)(C)C)cc1. The number of aryl methyl sites for hydroxylation is 1. The minimum absolute atomic E-state index is 0.0205. The largest absolute Gasteiger partial charge is 0.491 e. The van der Waals surface area contributed by atoms with Gasteiger partial charge in [-0.15, -0.1) is 11.3 Å². The topological polar surface area (TPSA) is 192 Å². The van der Waals surface area contributed by atoms with Gasteiger partial charge in [-0.25, -0.2) is 4.98 Å². The first-order valence-corrected chi connectivity index (χ1v) is 24.6. The van der Waals surface area contributed by atoms with Gasteiger partial charge in [-0.2, -0.15) is 5.26 Å². The second-order valence-corrected chi connectivity index (χ2v) is 21.5. The highest BCUT2D eigenvalue weighted by atomic mass is 35.5. The number of nitriles is 1. The molecule has 5 aromatic rings. The number of rotatable bonds is 17. The Morgan fingerprint density at radius 3 is 2.13 bits per heavy atom. The van der Waals surface area contributed by atoms with E-state index < -0.39 is 52.2 Å². The summed E-state index contributed by atoms with van der Waals surface area (Å²) in [5.74, 6) is -0.562. The lowest BCUT2D eigenvalue weighted by Crippen LogP contribution is -2.74. The highest BCUT2D eigenvalue weighted by Crippen LogP contribution is 2.55. The molecule has 0 radical (unpaired) electrons. The quantitative estimate of drug-likeness (QED) is 0.0658. The van der Waals surface area contributed by atoms with Crippen LogP contribution < -0.4 is 25.4 Å². The number of aliphatic hydroxyl groups excluding tert-OH is 1. The fraction of sp³-hybridized carbons (Fsp3) is 0.407. The molecule has 3 atom stereocenters. The molecule has 0 spiro atoms. The number of halogens is 1. The number of ether oxygens (including phenoxy) is 3. The van der Waals surface area contributed by atoms with Crippen molar-refractivity contribution in [3.63, 3.8) is 0 Å². The number of thiazole rings is 1. The molecule has 16 heteroatoms. The van der Waals surface area contributed by atoms with Crippen LogP contribution in [0.1, 0.15) is 82.1 Å². The lowest BCUT2D eigenvalue weighted by molar-refractivity contribution is -0.164. The summed E-state index contributed by atoms with van der Waals surface area (Å²) in [6.45, 7) is 15.8. The average molecular weight is 990 g/mol. The Bertz CT molecular complexity index is 2710. The van der Waals surface area contributed by atoms with Crippen LogP contribution in [0.25, 0.3) is 21.6 Å². The van der Waals surface area contributed by atoms with E-state index in [1.807, 2.05) is 88.4 Å². The predicted molar refractivity (Wildman–Crippen MR) is 269 cm³/mol. The van der Waals surface area contributed by atoms with Gasteiger partial charge in [0.05, 0.1) is 52.0 Å². The summed E-state index contributed by atoms with van der Waals surface area (Å²) >= 11 is 7.79. The Morgan fingerprint density at radius 1 is 0.929 bits per heavy atom. The Morgan fingerprint density at radius 2 is 1.56 bits per heavy atom. The zero-order chi connectivity index (χ0) is 50.5. The van der Waals surface area contributed by atoms with E-state index in [1.54, 1.807) is 35.8 Å². The van der Waals surface area contributed by atoms with Crippen molar-refractivity contribution in [2.75, 3.05) is 26.4 Å². The van der Waals surface area contributed by atoms with E-state index >= 15 is 0 Å². The van der Waals surface area contributed by atoms with Crippen LogP contribution in [0, 0.1) is 34.5 Å². The minimum Gasteiger partial charge on any atom is -0.491 e. The molecule has 1 saturated carbocycles. The normalized spacial score (nSPS) is 19.5. The van der Waals surface area contributed by atoms with Gasteiger partial charge in [-0.05, 0) is 77.4 Å². The van der Waals surface area contributed by atoms with Crippen molar-refractivity contribution in [2.45, 2.75) is 98.7 Å². The van der Waals surface area contributed by atoms with Crippen LogP contribution in [0.2, 0.25) is 5.02 Å². The number of carbonyl (C=O) groups is 4. The molecule has 4 amide bonds. The number of carbonyl (C=O) groups excluding carboxylic acids is 4. The van der Waals surface area contributed by atoms with E-state index in [0.717, 1.165) is 32.8 Å². The number of hydrogen-bond donors (Lipinski definition) is 4. The van der Waals surface area contributed by atoms with Crippen molar-refractivity contribution in [1.29, 1.82) is 5.26 Å². The summed E-state index contributed by atoms with van der Waals surface area (Å²) in [7, 11) is 0. The summed E-state index contributed by atoms with van der Waals surface area (Å²) < 4.78 is 17.9. The van der Waals surface area contributed by atoms with Gasteiger partial charge < -0.3 is 35.3 Å². The molecule has 2 heterocycles. The Hall–Kier alpha value is -6.15. The van der Waals surface area contributed by atoms with Crippen molar-refractivity contribution in [3.8, 4) is 39.1 Å². The first kappa shape index (κ1) is 51.7. The number of aromatic nitrogens is 1. The fourth-order valence-corrected chi connectivity index (χ4v) is 10.7. The van der Waals surface area contributed by atoms with Crippen LogP contribution in [0.3, 0.4) is 0 Å². The molecule has 1 aliphatic carbocycles. The molecular weight excluding hydrogens is 928 g/mol. The van der Waals surface area contributed by atoms with Crippen molar-refractivity contribution >= 4 is 46.6 Å². The van der Waals surface area contributed by atoms with E-state index in [-0.39, 0.29) is 57.4 Å². The van der Waals surface area contributed by atoms with Crippen molar-refractivity contribution in [3.05, 3.63) is 124 Å². The predicted octanol–water partition coefficient (Wildman–Crippen LogP) is 8.13. The monoisotopic (exact) mass is 988 g/mol. The van der Waals surface area contributed by atoms with Gasteiger partial charge in [0, 0.05) is 35.0 Å². The molecule has 14 nitrogen and oxygen atoms in total. The third-order valence-electron chi connectivity index (χ3n) is 13.2. The number of amides is 4. The second kappa shape index (κ2) is 21.5. The summed E-state index contributed by atoms with van der Waals surface area (Å²) in [5.41, 5.74) is 5.61. The highest BCUT2D eigenvalue weighted by Gasteiger charge is 2.64. The highest BCUT2D eigenvalue weighted by molar-refractivity contribution is 7.13. The van der Waals surface area contributed by atoms with E-state index in [2.05, 4.69) is 54.7 Å². The van der Waals surface area contributed by atoms with E-state index in [9.17, 15) is 29.5 Å². The van der Waals surface area contributed by atoms with Gasteiger partial charge >= 0.3 is 0 Å². The number of hydrogen-bond acceptors (Lipinski definition) is 12. The summed E-state index contributed by atoms with van der Waals surface area (Å²) in [5, 5.41) is 28.8. The molecule has 2 fully saturated rings. The zero-order valence-electron chi connectivity index (χ0n) is 40.8. The van der Waals surface area contributed by atoms with Crippen LogP contribution in [-0.4, -0.2) is 95.3 Å². The zero-order valence-corrected chi connectivity index (χ0v) is 42.4. The molecule has 1 saturated heterocycles. The molecule has 1 aliphatic heterocycles. The molecular formula is C54H61ClN6O8S. The standard InChI is InChI=1S/C54H61ClN6O8S/c1-32-45(70-31-58-32)36-11-9-33(10-12-36)29-61(48(65)43-25-39(62)28-57-43)49(66)46(52(2,3)4)59-44(63)30-67-23-24-68-40-20-17-35(18-21-40)34-13-15-37(16-14-34)47(64)60-50-53(5,6)51(54(50,7)8)69-41-22-19-38(27-56)42(55)26-41/h9-22,26,31,39,43,46,50-51,57,62H,23-25,28-30H2,1-8H3,(H,59,63)(H,60,64)/t39-,43+,46-,50-,51-/m1/s1. The number of nitrogens with one attached hydrogen (secondary N) is 3. The number of imide groups is 1. The lowest BCUT2D eigenvalue weighted by Gasteiger charge is -2.63. The molecule has 7 rings (SSSR count). The molecule has 4 N–H and O–H groups in total. The smallest absolute Gasteiger partial charge is 0.252 e. The first-order valence-electron chi connectivity index (χ1n) is 23.3. The Labute approximate surface area is 418 Å². The van der Waals surface area contributed by atoms with E-state index in [0.29, 0.717) is 27.6 Å². The molecule has 0 unspecified atom stereocenters. The van der Waals surface area contributed by atoms with E-state index in [4.69, 9.17) is 25.8 Å². The summed E-state index contributed by atoms with van der Waals surface area (Å²) in [6, 6.07) is 27.6. The van der Waals surface area contributed by atoms with Gasteiger partial charge in [-0.3, -0.25) is 24.1 Å². The second-order valence-electron chi connectivity index (χ2n) is 20.2. The van der Waals surface area contributed by atoms with Gasteiger partial charge in [-0.1, -0.05) is 109 Å². The third-order valence-corrected chi connectivity index (χ3v) is 14.4. The van der Waals surface area contributed by atoms with Crippen LogP contribution in [0.5, 0.6) is 11.5 Å². The summed E-state index contributed by atoms with van der Waals surface area (Å²) in [4.78, 5) is 61.6. The van der Waals surface area contributed by atoms with Gasteiger partial charge in [0.1, 0.15) is 42.9 Å². The summed E-state index contributed by atoms with van der Waals surface area (Å²) in [6.07, 6.45) is -0.754. The van der Waals surface area contributed by atoms with Crippen molar-refractivity contribution in [2.24, 2.45) is 16.2 Å². The molecule has 70 heavy (non-hydrogen) atoms. The molecule has 0 bridgehead atoms. The molecule has 368 valence electrons. The lowest BCUT2D eigenvalue weighted by atomic mass is 9.49. The molecule has 4 aromatic carbocycles. The first-order chi connectivity index (χ1) is 33.2. The van der Waals surface area contributed by atoms with Gasteiger partial charge in [0.25, 0.3) is 11.8 Å². The number of nitrogens with zero attached hydrogens (tertiary/aromatic N) is 3. The Balaban J connectivity index is 0.881. The maximum absolute atomic E-state index is 14.4. The average Bonchev–Trinajstić information content (AvgIpc) is 3.97. The van der Waals surface area contributed by atoms with E-state index in [1.165, 1.54) is 16.2 Å². The van der Waals surface area contributed by atoms with Crippen LogP contribution in [0.4, 0.5) is 0 Å². The van der Waals surface area contributed by atoms with Crippen molar-refractivity contribution in [1.82, 2.24) is 25.8 Å². The number of benzene rings is 4. The van der Waals surface area contributed by atoms with Crippen molar-refractivity contribution < 1.29 is 38.5 Å². The minimum atomic E-state index is -1.06. The van der Waals surface area contributed by atoms with Crippen LogP contribution in [0.15, 0.2) is 96.5 Å². The number of aliphatic hydroxyl groups is 1. The molecule has 1 aromatic heterocycles. The van der Waals surface area contributed by atoms with Crippen LogP contribution in [-0.2, 0) is 25.7 Å². The Kier molecular flexibility index (Phi) is 15.8. The third kappa shape index (κ3) is 11.7. The van der Waals surface area contributed by atoms with Crippen LogP contribution >= 0.6 is 22.9 Å². The maximum Gasteiger partial charge on any atom is 0.252 e. The molecule has 2 aliphatic rings. The van der Waals surface area contributed by atoms with Gasteiger partial charge in [0.2, 0.25) is 11.8 Å². The fourth-order valence-electron chi connectivity index (χ4n) is 9.64.